The monoisotopic (exact) mass is 195 g/mol. The zero-order valence-corrected chi connectivity index (χ0v) is 10.1. The molecule has 2 saturated carbocycles. The van der Waals surface area contributed by atoms with Crippen LogP contribution in [0.2, 0.25) is 0 Å². The highest BCUT2D eigenvalue weighted by Crippen LogP contribution is 2.65. The number of hydrogen-bond acceptors (Lipinski definition) is 1. The van der Waals surface area contributed by atoms with Crippen molar-refractivity contribution in [3.8, 4) is 0 Å². The van der Waals surface area contributed by atoms with Crippen molar-refractivity contribution in [3.05, 3.63) is 0 Å². The molecule has 1 heteroatoms. The summed E-state index contributed by atoms with van der Waals surface area (Å²) in [6.45, 7) is 10.5. The van der Waals surface area contributed by atoms with Crippen molar-refractivity contribution < 1.29 is 0 Å². The zero-order valence-electron chi connectivity index (χ0n) is 10.1. The third kappa shape index (κ3) is 1.50. The van der Waals surface area contributed by atoms with Crippen LogP contribution in [0, 0.1) is 28.6 Å². The van der Waals surface area contributed by atoms with E-state index >= 15 is 0 Å². The predicted molar refractivity (Wildman–Crippen MR) is 60.9 cm³/mol. The van der Waals surface area contributed by atoms with Gasteiger partial charge in [0.15, 0.2) is 0 Å². The first-order chi connectivity index (χ1) is 6.38. The Bertz CT molecular complexity index is 229. The van der Waals surface area contributed by atoms with Crippen molar-refractivity contribution in [1.82, 2.24) is 0 Å². The van der Waals surface area contributed by atoms with Crippen LogP contribution < -0.4 is 5.73 Å². The van der Waals surface area contributed by atoms with E-state index in [9.17, 15) is 0 Å². The topological polar surface area (TPSA) is 26.0 Å². The maximum absolute atomic E-state index is 5.84. The molecule has 0 heterocycles. The minimum Gasteiger partial charge on any atom is -0.330 e. The highest BCUT2D eigenvalue weighted by atomic mass is 14.7. The molecule has 0 saturated heterocycles. The smallest absolute Gasteiger partial charge is 0.00407 e. The minimum absolute atomic E-state index is 0.542. The van der Waals surface area contributed by atoms with Gasteiger partial charge in [-0.2, -0.15) is 0 Å². The van der Waals surface area contributed by atoms with Gasteiger partial charge in [-0.25, -0.2) is 0 Å². The lowest BCUT2D eigenvalue weighted by atomic mass is 9.88. The highest BCUT2D eigenvalue weighted by molar-refractivity contribution is 5.09. The minimum atomic E-state index is 0.542. The molecule has 2 fully saturated rings. The summed E-state index contributed by atoms with van der Waals surface area (Å²) < 4.78 is 0. The van der Waals surface area contributed by atoms with Gasteiger partial charge in [0.25, 0.3) is 0 Å². The number of nitrogens with two attached hydrogens (primary N) is 1. The molecule has 0 radical (unpaired) electrons. The van der Waals surface area contributed by atoms with Gasteiger partial charge >= 0.3 is 0 Å². The van der Waals surface area contributed by atoms with E-state index in [1.165, 1.54) is 19.3 Å². The van der Waals surface area contributed by atoms with Crippen molar-refractivity contribution in [2.45, 2.75) is 47.0 Å². The van der Waals surface area contributed by atoms with Gasteiger partial charge in [-0.3, -0.25) is 0 Å². The van der Waals surface area contributed by atoms with E-state index in [0.29, 0.717) is 10.8 Å². The molecular weight excluding hydrogens is 170 g/mol. The van der Waals surface area contributed by atoms with E-state index in [2.05, 4.69) is 27.7 Å². The third-order valence-electron chi connectivity index (χ3n) is 4.91. The van der Waals surface area contributed by atoms with E-state index in [1.807, 2.05) is 0 Å². The van der Waals surface area contributed by atoms with Gasteiger partial charge in [0.05, 0.1) is 0 Å². The highest BCUT2D eigenvalue weighted by Gasteiger charge is 2.60. The zero-order chi connectivity index (χ0) is 10.6. The Labute approximate surface area is 88.4 Å². The summed E-state index contributed by atoms with van der Waals surface area (Å²) in [7, 11) is 0. The Morgan fingerprint density at radius 1 is 1.21 bits per heavy atom. The normalized spacial score (nSPS) is 43.9. The maximum Gasteiger partial charge on any atom is -0.00407 e. The van der Waals surface area contributed by atoms with E-state index in [1.54, 1.807) is 0 Å². The standard InChI is InChI=1S/C13H25N/c1-12(2)6-5-9(7-12)11-10(8-14)13(11,3)4/h9-11H,5-8,14H2,1-4H3/t9?,10-,11-/m0/s1. The fourth-order valence-corrected chi connectivity index (χ4v) is 3.97. The van der Waals surface area contributed by atoms with Gasteiger partial charge in [-0.05, 0) is 54.4 Å². The summed E-state index contributed by atoms with van der Waals surface area (Å²) in [6, 6.07) is 0. The molecule has 0 aromatic carbocycles. The Morgan fingerprint density at radius 2 is 1.86 bits per heavy atom. The summed E-state index contributed by atoms with van der Waals surface area (Å²) in [5.41, 5.74) is 6.98. The largest absolute Gasteiger partial charge is 0.330 e. The van der Waals surface area contributed by atoms with Gasteiger partial charge in [0.1, 0.15) is 0 Å². The molecule has 14 heavy (non-hydrogen) atoms. The summed E-state index contributed by atoms with van der Waals surface area (Å²) in [5.74, 6) is 2.70. The van der Waals surface area contributed by atoms with Crippen LogP contribution in [-0.4, -0.2) is 6.54 Å². The molecule has 2 aliphatic carbocycles. The summed E-state index contributed by atoms with van der Waals surface area (Å²) >= 11 is 0. The van der Waals surface area contributed by atoms with Crippen LogP contribution in [0.15, 0.2) is 0 Å². The first-order valence-corrected chi connectivity index (χ1v) is 6.08. The van der Waals surface area contributed by atoms with Crippen LogP contribution >= 0.6 is 0 Å². The third-order valence-corrected chi connectivity index (χ3v) is 4.91. The van der Waals surface area contributed by atoms with Crippen molar-refractivity contribution in [2.75, 3.05) is 6.54 Å². The van der Waals surface area contributed by atoms with E-state index < -0.39 is 0 Å². The lowest BCUT2D eigenvalue weighted by molar-refractivity contribution is 0.328. The molecular formula is C13H25N. The van der Waals surface area contributed by atoms with Crippen LogP contribution in [0.5, 0.6) is 0 Å². The second kappa shape index (κ2) is 2.98. The second-order valence-electron chi connectivity index (χ2n) is 6.86. The quantitative estimate of drug-likeness (QED) is 0.720. The lowest BCUT2D eigenvalue weighted by Gasteiger charge is -2.17. The van der Waals surface area contributed by atoms with Gasteiger partial charge in [0.2, 0.25) is 0 Å². The van der Waals surface area contributed by atoms with Crippen LogP contribution in [-0.2, 0) is 0 Å². The van der Waals surface area contributed by atoms with Crippen LogP contribution in [0.25, 0.3) is 0 Å². The van der Waals surface area contributed by atoms with Crippen molar-refractivity contribution >= 4 is 0 Å². The van der Waals surface area contributed by atoms with E-state index in [-0.39, 0.29) is 0 Å². The molecule has 0 amide bonds. The number of hydrogen-bond donors (Lipinski definition) is 1. The van der Waals surface area contributed by atoms with Gasteiger partial charge in [0, 0.05) is 0 Å². The molecule has 1 unspecified atom stereocenters. The molecule has 0 spiro atoms. The second-order valence-corrected chi connectivity index (χ2v) is 6.86. The predicted octanol–water partition coefficient (Wildman–Crippen LogP) is 3.04. The SMILES string of the molecule is CC1(C)CCC([C@H]2[C@H](CN)C2(C)C)C1. The van der Waals surface area contributed by atoms with E-state index in [0.717, 1.165) is 24.3 Å². The van der Waals surface area contributed by atoms with E-state index in [4.69, 9.17) is 5.73 Å². The van der Waals surface area contributed by atoms with Gasteiger partial charge in [-0.15, -0.1) is 0 Å². The van der Waals surface area contributed by atoms with Gasteiger partial charge < -0.3 is 5.73 Å². The molecule has 2 N–H and O–H groups in total. The van der Waals surface area contributed by atoms with Crippen molar-refractivity contribution in [2.24, 2.45) is 34.3 Å². The molecule has 0 bridgehead atoms. The molecule has 2 aliphatic rings. The fraction of sp³-hybridized carbons (Fsp3) is 1.00. The molecule has 0 aromatic heterocycles. The lowest BCUT2D eigenvalue weighted by Crippen LogP contribution is -2.09. The van der Waals surface area contributed by atoms with Crippen LogP contribution in [0.1, 0.15) is 47.0 Å². The van der Waals surface area contributed by atoms with Crippen LogP contribution in [0.3, 0.4) is 0 Å². The summed E-state index contributed by atoms with van der Waals surface area (Å²) in [4.78, 5) is 0. The number of rotatable bonds is 2. The summed E-state index contributed by atoms with van der Waals surface area (Å²) in [6.07, 6.45) is 4.29. The first kappa shape index (κ1) is 10.5. The Morgan fingerprint density at radius 3 is 2.21 bits per heavy atom. The van der Waals surface area contributed by atoms with Crippen LogP contribution in [0.4, 0.5) is 0 Å². The first-order valence-electron chi connectivity index (χ1n) is 6.08. The van der Waals surface area contributed by atoms with Crippen molar-refractivity contribution in [1.29, 1.82) is 0 Å². The average Bonchev–Trinajstić information content (AvgIpc) is 2.41. The molecule has 0 aromatic rings. The fourth-order valence-electron chi connectivity index (χ4n) is 3.97. The Balaban J connectivity index is 2.00. The Kier molecular flexibility index (Phi) is 2.23. The molecule has 82 valence electrons. The van der Waals surface area contributed by atoms with Crippen molar-refractivity contribution in [3.63, 3.8) is 0 Å². The molecule has 2 rings (SSSR count). The van der Waals surface area contributed by atoms with Gasteiger partial charge in [-0.1, -0.05) is 27.7 Å². The molecule has 1 nitrogen and oxygen atoms in total. The molecule has 3 atom stereocenters. The summed E-state index contributed by atoms with van der Waals surface area (Å²) in [5, 5.41) is 0. The molecule has 0 aliphatic heterocycles. The average molecular weight is 195 g/mol. The Hall–Kier alpha value is -0.0400. The maximum atomic E-state index is 5.84.